The molecule has 3 aromatic rings. The number of thiazole rings is 2. The molecule has 0 aliphatic heterocycles. The highest BCUT2D eigenvalue weighted by Crippen LogP contribution is 2.34. The number of fused-ring (bicyclic) bond motifs is 3. The number of imidazole rings is 1. The largest absolute Gasteiger partial charge is 0.294 e. The van der Waals surface area contributed by atoms with E-state index in [0.29, 0.717) is 0 Å². The van der Waals surface area contributed by atoms with Crippen molar-refractivity contribution in [3.8, 4) is 10.6 Å². The lowest BCUT2D eigenvalue weighted by molar-refractivity contribution is 0.674. The number of hydrogen-bond donors (Lipinski definition) is 0. The minimum atomic E-state index is 1.09. The number of rotatable bonds is 1. The summed E-state index contributed by atoms with van der Waals surface area (Å²) in [6.07, 6.45) is 7.28. The van der Waals surface area contributed by atoms with Crippen molar-refractivity contribution in [2.45, 2.75) is 39.5 Å². The van der Waals surface area contributed by atoms with Crippen LogP contribution in [0.25, 0.3) is 15.5 Å². The van der Waals surface area contributed by atoms with Gasteiger partial charge in [-0.1, -0.05) is 0 Å². The van der Waals surface area contributed by atoms with E-state index in [-0.39, 0.29) is 0 Å². The Kier molecular flexibility index (Phi) is 2.53. The third-order valence-corrected chi connectivity index (χ3v) is 5.96. The Bertz CT molecular complexity index is 763. The van der Waals surface area contributed by atoms with E-state index in [9.17, 15) is 0 Å². The third kappa shape index (κ3) is 1.75. The zero-order valence-electron chi connectivity index (χ0n) is 11.1. The lowest BCUT2D eigenvalue weighted by atomic mass is 10.0. The van der Waals surface area contributed by atoms with Crippen LogP contribution in [-0.2, 0) is 12.8 Å². The highest BCUT2D eigenvalue weighted by atomic mass is 32.1. The van der Waals surface area contributed by atoms with E-state index < -0.39 is 0 Å². The summed E-state index contributed by atoms with van der Waals surface area (Å²) in [5.41, 5.74) is 3.67. The predicted molar refractivity (Wildman–Crippen MR) is 80.3 cm³/mol. The van der Waals surface area contributed by atoms with Gasteiger partial charge in [0.1, 0.15) is 5.69 Å². The lowest BCUT2D eigenvalue weighted by Crippen LogP contribution is -2.01. The highest BCUT2D eigenvalue weighted by Gasteiger charge is 2.19. The van der Waals surface area contributed by atoms with Gasteiger partial charge in [0.05, 0.1) is 15.6 Å². The molecule has 1 aliphatic rings. The van der Waals surface area contributed by atoms with E-state index in [2.05, 4.69) is 29.4 Å². The number of hydrogen-bond acceptors (Lipinski definition) is 4. The maximum Gasteiger partial charge on any atom is 0.194 e. The van der Waals surface area contributed by atoms with Crippen LogP contribution in [-0.4, -0.2) is 14.4 Å². The molecule has 0 amide bonds. The summed E-state index contributed by atoms with van der Waals surface area (Å²) in [5.74, 6) is 0. The highest BCUT2D eigenvalue weighted by molar-refractivity contribution is 7.17. The second kappa shape index (κ2) is 4.15. The molecule has 0 bridgehead atoms. The first kappa shape index (κ1) is 11.6. The molecule has 0 aromatic carbocycles. The van der Waals surface area contributed by atoms with Crippen molar-refractivity contribution in [2.24, 2.45) is 0 Å². The Morgan fingerprint density at radius 3 is 2.74 bits per heavy atom. The van der Waals surface area contributed by atoms with Gasteiger partial charge in [-0.25, -0.2) is 9.97 Å². The van der Waals surface area contributed by atoms with Crippen molar-refractivity contribution in [1.82, 2.24) is 14.4 Å². The fourth-order valence-corrected chi connectivity index (χ4v) is 4.91. The van der Waals surface area contributed by atoms with E-state index in [4.69, 9.17) is 4.98 Å². The first-order chi connectivity index (χ1) is 9.22. The summed E-state index contributed by atoms with van der Waals surface area (Å²) >= 11 is 3.61. The molecule has 0 spiro atoms. The molecule has 4 rings (SSSR count). The maximum atomic E-state index is 4.81. The van der Waals surface area contributed by atoms with Crippen LogP contribution in [0.3, 0.4) is 0 Å². The number of nitrogens with zero attached hydrogens (tertiary/aromatic N) is 3. The van der Waals surface area contributed by atoms with Gasteiger partial charge < -0.3 is 0 Å². The summed E-state index contributed by atoms with van der Waals surface area (Å²) in [6.45, 7) is 4.13. The molecular weight excluding hydrogens is 274 g/mol. The number of aromatic nitrogens is 3. The second-order valence-corrected chi connectivity index (χ2v) is 7.37. The molecule has 0 fully saturated rings. The smallest absolute Gasteiger partial charge is 0.194 e. The predicted octanol–water partition coefficient (Wildman–Crippen LogP) is 4.01. The monoisotopic (exact) mass is 289 g/mol. The van der Waals surface area contributed by atoms with E-state index in [1.54, 1.807) is 11.3 Å². The van der Waals surface area contributed by atoms with Gasteiger partial charge in [0.15, 0.2) is 4.96 Å². The quantitative estimate of drug-likeness (QED) is 0.677. The van der Waals surface area contributed by atoms with Crippen LogP contribution in [0.5, 0.6) is 0 Å². The van der Waals surface area contributed by atoms with Gasteiger partial charge in [-0.2, -0.15) is 0 Å². The van der Waals surface area contributed by atoms with E-state index >= 15 is 0 Å². The SMILES string of the molecule is Cc1nc(C)c(-c2cn3c4c(sc3n2)CCCC4)s1. The van der Waals surface area contributed by atoms with Gasteiger partial charge in [0.2, 0.25) is 0 Å². The first-order valence-electron chi connectivity index (χ1n) is 6.66. The number of aryl methyl sites for hydroxylation is 4. The van der Waals surface area contributed by atoms with Gasteiger partial charge in [0, 0.05) is 16.8 Å². The molecule has 1 aliphatic carbocycles. The summed E-state index contributed by atoms with van der Waals surface area (Å²) in [7, 11) is 0. The van der Waals surface area contributed by atoms with Gasteiger partial charge >= 0.3 is 0 Å². The van der Waals surface area contributed by atoms with Crippen LogP contribution in [0.4, 0.5) is 0 Å². The topological polar surface area (TPSA) is 30.2 Å². The summed E-state index contributed by atoms with van der Waals surface area (Å²) < 4.78 is 2.31. The maximum absolute atomic E-state index is 4.81. The van der Waals surface area contributed by atoms with Crippen molar-refractivity contribution in [2.75, 3.05) is 0 Å². The molecule has 5 heteroatoms. The summed E-state index contributed by atoms with van der Waals surface area (Å²) in [6, 6.07) is 0. The Morgan fingerprint density at radius 1 is 1.11 bits per heavy atom. The van der Waals surface area contributed by atoms with Crippen LogP contribution < -0.4 is 0 Å². The Hall–Kier alpha value is -1.20. The lowest BCUT2D eigenvalue weighted by Gasteiger charge is -2.09. The summed E-state index contributed by atoms with van der Waals surface area (Å²) in [4.78, 5) is 13.2. The van der Waals surface area contributed by atoms with Crippen molar-refractivity contribution in [1.29, 1.82) is 0 Å². The van der Waals surface area contributed by atoms with E-state index in [0.717, 1.165) is 21.4 Å². The van der Waals surface area contributed by atoms with Crippen LogP contribution in [0.2, 0.25) is 0 Å². The Labute approximate surface area is 120 Å². The molecule has 3 heterocycles. The molecule has 3 aromatic heterocycles. The fourth-order valence-electron chi connectivity index (χ4n) is 2.84. The van der Waals surface area contributed by atoms with E-state index in [1.165, 1.54) is 41.1 Å². The van der Waals surface area contributed by atoms with Gasteiger partial charge in [-0.05, 0) is 39.5 Å². The molecule has 0 saturated heterocycles. The Morgan fingerprint density at radius 2 is 1.95 bits per heavy atom. The Balaban J connectivity index is 1.89. The first-order valence-corrected chi connectivity index (χ1v) is 8.30. The molecular formula is C14H15N3S2. The van der Waals surface area contributed by atoms with Crippen LogP contribution in [0.1, 0.15) is 34.1 Å². The third-order valence-electron chi connectivity index (χ3n) is 3.70. The minimum Gasteiger partial charge on any atom is -0.294 e. The zero-order chi connectivity index (χ0) is 13.0. The molecule has 0 unspecified atom stereocenters. The molecule has 0 atom stereocenters. The standard InChI is InChI=1S/C14H15N3S2/c1-8-13(18-9(2)15-8)10-7-17-11-5-3-4-6-12(11)19-14(17)16-10/h7H,3-6H2,1-2H3. The molecule has 0 radical (unpaired) electrons. The van der Waals surface area contributed by atoms with Crippen molar-refractivity contribution in [3.63, 3.8) is 0 Å². The van der Waals surface area contributed by atoms with Crippen molar-refractivity contribution < 1.29 is 0 Å². The molecule has 3 nitrogen and oxygen atoms in total. The van der Waals surface area contributed by atoms with Crippen LogP contribution in [0.15, 0.2) is 6.20 Å². The minimum absolute atomic E-state index is 1.09. The second-order valence-electron chi connectivity index (χ2n) is 5.11. The van der Waals surface area contributed by atoms with Crippen molar-refractivity contribution in [3.05, 3.63) is 27.5 Å². The fraction of sp³-hybridized carbons (Fsp3) is 0.429. The average Bonchev–Trinajstić information content (AvgIpc) is 3.01. The molecule has 0 saturated carbocycles. The molecule has 0 N–H and O–H groups in total. The van der Waals surface area contributed by atoms with E-state index in [1.807, 2.05) is 11.3 Å². The molecule has 19 heavy (non-hydrogen) atoms. The average molecular weight is 289 g/mol. The van der Waals surface area contributed by atoms with Gasteiger partial charge in [-0.15, -0.1) is 22.7 Å². The summed E-state index contributed by atoms with van der Waals surface area (Å²) in [5, 5.41) is 1.12. The van der Waals surface area contributed by atoms with Gasteiger partial charge in [0.25, 0.3) is 0 Å². The van der Waals surface area contributed by atoms with Crippen LogP contribution >= 0.6 is 22.7 Å². The van der Waals surface area contributed by atoms with Crippen LogP contribution in [0, 0.1) is 13.8 Å². The molecule has 98 valence electrons. The normalized spacial score (nSPS) is 15.1. The van der Waals surface area contributed by atoms with Crippen molar-refractivity contribution >= 4 is 27.6 Å². The zero-order valence-corrected chi connectivity index (χ0v) is 12.7. The van der Waals surface area contributed by atoms with Gasteiger partial charge in [-0.3, -0.25) is 4.40 Å².